The molecular weight excluding hydrogens is 328 g/mol. The molecule has 8 heteroatoms. The predicted molar refractivity (Wildman–Crippen MR) is 91.5 cm³/mol. The van der Waals surface area contributed by atoms with Crippen LogP contribution in [0.3, 0.4) is 0 Å². The Bertz CT molecular complexity index is 778. The van der Waals surface area contributed by atoms with Crippen molar-refractivity contribution in [2.45, 2.75) is 6.42 Å². The topological polar surface area (TPSA) is 145 Å². The molecule has 0 amide bonds. The molecule has 8 nitrogen and oxygen atoms in total. The van der Waals surface area contributed by atoms with Crippen molar-refractivity contribution in [1.82, 2.24) is 0 Å². The summed E-state index contributed by atoms with van der Waals surface area (Å²) in [4.78, 5) is 22.6. The van der Waals surface area contributed by atoms with Crippen molar-refractivity contribution in [3.63, 3.8) is 0 Å². The van der Waals surface area contributed by atoms with Gasteiger partial charge in [-0.1, -0.05) is 0 Å². The minimum absolute atomic E-state index is 0.0660. The number of carboxylic acids is 2. The number of aromatic carboxylic acids is 2. The quantitative estimate of drug-likeness (QED) is 0.580. The summed E-state index contributed by atoms with van der Waals surface area (Å²) in [6.07, 6.45) is 0.174. The number of rotatable bonds is 6. The lowest BCUT2D eigenvalue weighted by Crippen LogP contribution is -2.08. The van der Waals surface area contributed by atoms with E-state index in [-0.39, 0.29) is 28.9 Å². The van der Waals surface area contributed by atoms with E-state index in [0.717, 1.165) is 0 Å². The van der Waals surface area contributed by atoms with Crippen molar-refractivity contribution >= 4 is 23.3 Å². The van der Waals surface area contributed by atoms with Gasteiger partial charge in [0.05, 0.1) is 25.3 Å². The van der Waals surface area contributed by atoms with Crippen LogP contribution in [0.25, 0.3) is 0 Å². The zero-order chi connectivity index (χ0) is 18.7. The molecular formula is C17H18N2O6. The van der Waals surface area contributed by atoms with Crippen molar-refractivity contribution < 1.29 is 29.3 Å². The summed E-state index contributed by atoms with van der Waals surface area (Å²) < 4.78 is 10.5. The first-order valence-corrected chi connectivity index (χ1v) is 7.17. The number of nitrogens with two attached hydrogens (primary N) is 2. The molecule has 0 saturated heterocycles. The maximum atomic E-state index is 11.3. The van der Waals surface area contributed by atoms with E-state index in [1.807, 2.05) is 0 Å². The summed E-state index contributed by atoms with van der Waals surface area (Å²) >= 11 is 0. The monoisotopic (exact) mass is 346 g/mol. The minimum Gasteiger partial charge on any atom is -0.496 e. The highest BCUT2D eigenvalue weighted by Gasteiger charge is 2.18. The normalized spacial score (nSPS) is 10.3. The van der Waals surface area contributed by atoms with E-state index in [1.165, 1.54) is 38.5 Å². The molecule has 0 spiro atoms. The number of hydrogen-bond acceptors (Lipinski definition) is 6. The second-order valence-corrected chi connectivity index (χ2v) is 5.29. The fraction of sp³-hybridized carbons (Fsp3) is 0.176. The van der Waals surface area contributed by atoms with Crippen LogP contribution in [0.15, 0.2) is 24.3 Å². The Morgan fingerprint density at radius 3 is 1.48 bits per heavy atom. The fourth-order valence-corrected chi connectivity index (χ4v) is 2.51. The molecule has 0 fully saturated rings. The van der Waals surface area contributed by atoms with Gasteiger partial charge in [-0.15, -0.1) is 0 Å². The first kappa shape index (κ1) is 17.9. The molecule has 0 aromatic heterocycles. The average Bonchev–Trinajstić information content (AvgIpc) is 2.56. The third-order valence-corrected chi connectivity index (χ3v) is 3.75. The molecule has 0 atom stereocenters. The average molecular weight is 346 g/mol. The maximum absolute atomic E-state index is 11.3. The highest BCUT2D eigenvalue weighted by Crippen LogP contribution is 2.32. The fourth-order valence-electron chi connectivity index (χ4n) is 2.51. The summed E-state index contributed by atoms with van der Waals surface area (Å²) in [6.45, 7) is 0. The highest BCUT2D eigenvalue weighted by molar-refractivity contribution is 5.95. The summed E-state index contributed by atoms with van der Waals surface area (Å²) in [5.41, 5.74) is 12.5. The van der Waals surface area contributed by atoms with Crippen molar-refractivity contribution in [2.75, 3.05) is 25.7 Å². The van der Waals surface area contributed by atoms with Crippen LogP contribution in [0.2, 0.25) is 0 Å². The Hall–Kier alpha value is -3.42. The van der Waals surface area contributed by atoms with Gasteiger partial charge in [0.1, 0.15) is 11.5 Å². The predicted octanol–water partition coefficient (Wildman–Crippen LogP) is 1.86. The van der Waals surface area contributed by atoms with E-state index in [2.05, 4.69) is 0 Å². The number of benzene rings is 2. The second-order valence-electron chi connectivity index (χ2n) is 5.29. The molecule has 2 rings (SSSR count). The van der Waals surface area contributed by atoms with Gasteiger partial charge in [0.15, 0.2) is 0 Å². The SMILES string of the molecule is COc1cc(N)c(C(=O)O)cc1Cc1cc(C(=O)O)c(N)cc1OC. The number of carboxylic acid groups (broad SMARTS) is 2. The lowest BCUT2D eigenvalue weighted by molar-refractivity contribution is 0.0687. The van der Waals surface area contributed by atoms with E-state index < -0.39 is 11.9 Å². The highest BCUT2D eigenvalue weighted by atomic mass is 16.5. The van der Waals surface area contributed by atoms with E-state index in [9.17, 15) is 19.8 Å². The van der Waals surface area contributed by atoms with E-state index in [4.69, 9.17) is 20.9 Å². The molecule has 132 valence electrons. The Morgan fingerprint density at radius 2 is 1.20 bits per heavy atom. The van der Waals surface area contributed by atoms with Crippen molar-refractivity contribution in [3.8, 4) is 11.5 Å². The van der Waals surface area contributed by atoms with Gasteiger partial charge >= 0.3 is 11.9 Å². The summed E-state index contributed by atoms with van der Waals surface area (Å²) in [6, 6.07) is 5.63. The molecule has 0 heterocycles. The maximum Gasteiger partial charge on any atom is 0.337 e. The Balaban J connectivity index is 2.59. The van der Waals surface area contributed by atoms with Gasteiger partial charge in [0.25, 0.3) is 0 Å². The standard InChI is InChI=1S/C17H18N2O6/c1-24-14-6-12(18)10(16(20)21)4-8(14)3-9-5-11(17(22)23)13(19)7-15(9)25-2/h4-7H,3,18-19H2,1-2H3,(H,20,21)(H,22,23). The van der Waals surface area contributed by atoms with Crippen LogP contribution in [0.1, 0.15) is 31.8 Å². The Labute approximate surface area is 143 Å². The number of methoxy groups -OCH3 is 2. The zero-order valence-corrected chi connectivity index (χ0v) is 13.7. The first-order chi connectivity index (χ1) is 11.8. The lowest BCUT2D eigenvalue weighted by Gasteiger charge is -2.15. The lowest BCUT2D eigenvalue weighted by atomic mass is 9.97. The third kappa shape index (κ3) is 3.57. The van der Waals surface area contributed by atoms with Crippen LogP contribution < -0.4 is 20.9 Å². The van der Waals surface area contributed by atoms with Crippen molar-refractivity contribution in [3.05, 3.63) is 46.5 Å². The number of nitrogen functional groups attached to an aromatic ring is 2. The van der Waals surface area contributed by atoms with Crippen LogP contribution in [-0.4, -0.2) is 36.4 Å². The molecule has 6 N–H and O–H groups in total. The van der Waals surface area contributed by atoms with Gasteiger partial charge in [0, 0.05) is 29.9 Å². The van der Waals surface area contributed by atoms with E-state index in [1.54, 1.807) is 0 Å². The zero-order valence-electron chi connectivity index (χ0n) is 13.7. The molecule has 0 aliphatic carbocycles. The van der Waals surface area contributed by atoms with E-state index in [0.29, 0.717) is 22.6 Å². The van der Waals surface area contributed by atoms with Gasteiger partial charge in [-0.2, -0.15) is 0 Å². The minimum atomic E-state index is -1.17. The third-order valence-electron chi connectivity index (χ3n) is 3.75. The largest absolute Gasteiger partial charge is 0.496 e. The number of hydrogen-bond donors (Lipinski definition) is 4. The molecule has 2 aromatic carbocycles. The molecule has 0 aliphatic heterocycles. The van der Waals surface area contributed by atoms with Gasteiger partial charge in [0.2, 0.25) is 0 Å². The van der Waals surface area contributed by atoms with Gasteiger partial charge in [-0.25, -0.2) is 9.59 Å². The van der Waals surface area contributed by atoms with Crippen LogP contribution in [0.5, 0.6) is 11.5 Å². The molecule has 25 heavy (non-hydrogen) atoms. The van der Waals surface area contributed by atoms with Crippen LogP contribution in [0.4, 0.5) is 11.4 Å². The summed E-state index contributed by atoms with van der Waals surface area (Å²) in [5.74, 6) is -1.56. The molecule has 0 aliphatic rings. The van der Waals surface area contributed by atoms with Gasteiger partial charge < -0.3 is 31.2 Å². The first-order valence-electron chi connectivity index (χ1n) is 7.17. The Kier molecular flexibility index (Phi) is 5.02. The molecule has 0 unspecified atom stereocenters. The molecule has 0 bridgehead atoms. The molecule has 0 radical (unpaired) electrons. The molecule has 0 saturated carbocycles. The molecule has 2 aromatic rings. The number of carbonyl (C=O) groups is 2. The van der Waals surface area contributed by atoms with Crippen LogP contribution >= 0.6 is 0 Å². The van der Waals surface area contributed by atoms with Crippen molar-refractivity contribution in [1.29, 1.82) is 0 Å². The number of anilines is 2. The smallest absolute Gasteiger partial charge is 0.337 e. The van der Waals surface area contributed by atoms with E-state index >= 15 is 0 Å². The Morgan fingerprint density at radius 1 is 0.840 bits per heavy atom. The number of ether oxygens (including phenoxy) is 2. The van der Waals surface area contributed by atoms with Gasteiger partial charge in [-0.3, -0.25) is 0 Å². The second kappa shape index (κ2) is 7.00. The van der Waals surface area contributed by atoms with Crippen LogP contribution in [0, 0.1) is 0 Å². The van der Waals surface area contributed by atoms with Crippen LogP contribution in [-0.2, 0) is 6.42 Å². The van der Waals surface area contributed by atoms with Crippen molar-refractivity contribution in [2.24, 2.45) is 0 Å². The summed E-state index contributed by atoms with van der Waals surface area (Å²) in [5, 5.41) is 18.5. The summed E-state index contributed by atoms with van der Waals surface area (Å²) in [7, 11) is 2.86. The van der Waals surface area contributed by atoms with Gasteiger partial charge in [-0.05, 0) is 23.3 Å².